The second-order valence-corrected chi connectivity index (χ2v) is 34.7. The van der Waals surface area contributed by atoms with Crippen LogP contribution in [0.15, 0.2) is 250 Å². The Hall–Kier alpha value is -15.7. The molecule has 0 amide bonds. The topological polar surface area (TPSA) is 505 Å². The average molecular weight is 2020 g/mol. The number of aryl methyl sites for hydroxylation is 6. The molecular formula is C103H106BrClN18O19. The van der Waals surface area contributed by atoms with Gasteiger partial charge in [-0.05, 0) is 164 Å². The van der Waals surface area contributed by atoms with E-state index in [2.05, 4.69) is 126 Å². The predicted octanol–water partition coefficient (Wildman–Crippen LogP) is 18.7. The number of ether oxygens (including phenoxy) is 2. The molecule has 1 aliphatic heterocycles. The van der Waals surface area contributed by atoms with Gasteiger partial charge in [-0.15, -0.1) is 37.1 Å². The number of H-pyrrole nitrogens is 2. The number of para-hydroxylation sites is 1. The molecule has 16 aromatic rings. The molecule has 0 aliphatic carbocycles. The van der Waals surface area contributed by atoms with E-state index in [4.69, 9.17) is 50.4 Å². The van der Waals surface area contributed by atoms with Crippen molar-refractivity contribution in [3.05, 3.63) is 351 Å². The van der Waals surface area contributed by atoms with Crippen LogP contribution in [0.1, 0.15) is 210 Å². The maximum Gasteiger partial charge on any atom is 0.519 e. The van der Waals surface area contributed by atoms with Gasteiger partial charge in [0.1, 0.15) is 63.7 Å². The molecule has 1 aliphatic rings. The van der Waals surface area contributed by atoms with Crippen molar-refractivity contribution < 1.29 is 75.9 Å². The second kappa shape index (κ2) is 48.3. The van der Waals surface area contributed by atoms with E-state index >= 15 is 0 Å². The number of imidazole rings is 3. The van der Waals surface area contributed by atoms with Crippen molar-refractivity contribution >= 4 is 56.8 Å². The van der Waals surface area contributed by atoms with E-state index in [0.717, 1.165) is 115 Å². The van der Waals surface area contributed by atoms with Crippen LogP contribution in [0.5, 0.6) is 0 Å². The van der Waals surface area contributed by atoms with Gasteiger partial charge in [-0.2, -0.15) is 15.5 Å². The van der Waals surface area contributed by atoms with Gasteiger partial charge in [0, 0.05) is 68.0 Å². The van der Waals surface area contributed by atoms with E-state index in [1.165, 1.54) is 5.56 Å². The number of benzene rings is 8. The molecule has 39 heteroatoms. The van der Waals surface area contributed by atoms with Gasteiger partial charge in [-0.3, -0.25) is 0 Å². The summed E-state index contributed by atoms with van der Waals surface area (Å²) in [6.45, 7) is 28.1. The molecule has 0 bridgehead atoms. The maximum absolute atomic E-state index is 13.5. The van der Waals surface area contributed by atoms with E-state index < -0.39 is 52.2 Å². The average Bonchev–Trinajstić information content (AvgIpc) is 1.62. The number of hydrogen-bond acceptors (Lipinski definition) is 30. The lowest BCUT2D eigenvalue weighted by Gasteiger charge is -2.18. The molecule has 8 aromatic heterocycles. The molecule has 736 valence electrons. The van der Waals surface area contributed by atoms with E-state index in [9.17, 15) is 49.2 Å². The SMILES string of the molecule is CCCc1nc(C(C)(C)O)c(C(=O)O)n1Cc1ccc(-c2ccccc2-c2nn[nH]n2)cc1.CCCc1nc(C(C)(C)O)c(C(=O)OCc2oc(=O)oc2C)n1Cc1ccc(-c2ccccc2-c2nn[nH]n2)cc1.CCCc1nc(C(C)(C)O)c(C(=O)OCc2oc(=O)oc2C)n1Cc1ccc(-c2ccccc2C2=NN=NC2)cc1.CO.Cc1oc(=O)oc1CCl.[C-]#[N+]c1ccccc1-c1ccc(CBr)cc1. The fourth-order valence-electron chi connectivity index (χ4n) is 15.3. The molecule has 8 aromatic carbocycles. The highest BCUT2D eigenvalue weighted by Crippen LogP contribution is 2.37. The van der Waals surface area contributed by atoms with Crippen molar-refractivity contribution in [3.8, 4) is 67.3 Å². The van der Waals surface area contributed by atoms with E-state index in [-0.39, 0.29) is 76.3 Å². The number of aliphatic hydroxyl groups excluding tert-OH is 1. The van der Waals surface area contributed by atoms with Crippen LogP contribution in [-0.4, -0.2) is 133 Å². The van der Waals surface area contributed by atoms with Crippen LogP contribution in [-0.2, 0) is 89.6 Å². The van der Waals surface area contributed by atoms with Crippen molar-refractivity contribution in [1.82, 2.24) is 69.9 Å². The van der Waals surface area contributed by atoms with Crippen LogP contribution in [0.3, 0.4) is 0 Å². The Morgan fingerprint density at radius 2 is 0.782 bits per heavy atom. The summed E-state index contributed by atoms with van der Waals surface area (Å²) >= 11 is 8.77. The second-order valence-electron chi connectivity index (χ2n) is 33.8. The van der Waals surface area contributed by atoms with Crippen LogP contribution in [0.2, 0.25) is 0 Å². The Morgan fingerprint density at radius 3 is 1.08 bits per heavy atom. The van der Waals surface area contributed by atoms with Crippen molar-refractivity contribution in [2.45, 2.75) is 182 Å². The third-order valence-corrected chi connectivity index (χ3v) is 23.1. The summed E-state index contributed by atoms with van der Waals surface area (Å²) in [7, 11) is 1.00. The van der Waals surface area contributed by atoms with Gasteiger partial charge in [-0.25, -0.2) is 48.6 Å². The normalized spacial score (nSPS) is 11.6. The highest BCUT2D eigenvalue weighted by Gasteiger charge is 2.37. The van der Waals surface area contributed by atoms with Gasteiger partial charge < -0.3 is 75.2 Å². The molecule has 37 nitrogen and oxygen atoms in total. The number of aliphatic hydroxyl groups is 4. The van der Waals surface area contributed by atoms with Crippen molar-refractivity contribution in [2.24, 2.45) is 15.4 Å². The third kappa shape index (κ3) is 26.3. The van der Waals surface area contributed by atoms with Gasteiger partial charge in [0.05, 0.1) is 18.2 Å². The Kier molecular flexibility index (Phi) is 35.8. The first-order valence-corrected chi connectivity index (χ1v) is 46.8. The van der Waals surface area contributed by atoms with Gasteiger partial charge in [0.25, 0.3) is 0 Å². The number of carbonyl (C=O) groups is 3. The molecule has 0 saturated carbocycles. The summed E-state index contributed by atoms with van der Waals surface area (Å²) in [5.74, 6) is -0.229. The number of nitrogens with one attached hydrogen (secondary N) is 2. The van der Waals surface area contributed by atoms with Crippen LogP contribution in [0, 0.1) is 27.3 Å². The van der Waals surface area contributed by atoms with Crippen LogP contribution in [0.25, 0.3) is 72.1 Å². The van der Waals surface area contributed by atoms with E-state index in [0.29, 0.717) is 91.8 Å². The Labute approximate surface area is 828 Å². The first kappa shape index (κ1) is 105. The van der Waals surface area contributed by atoms with E-state index in [1.807, 2.05) is 191 Å². The minimum Gasteiger partial charge on any atom is -0.477 e. The first-order valence-electron chi connectivity index (χ1n) is 45.1. The number of nitrogens with zero attached hydrogens (tertiary/aromatic N) is 16. The van der Waals surface area contributed by atoms with Crippen molar-refractivity contribution in [1.29, 1.82) is 0 Å². The molecule has 0 unspecified atom stereocenters. The number of halogens is 2. The van der Waals surface area contributed by atoms with Gasteiger partial charge in [-0.1, -0.05) is 231 Å². The molecule has 0 atom stereocenters. The summed E-state index contributed by atoms with van der Waals surface area (Å²) in [5, 5.41) is 90.7. The van der Waals surface area contributed by atoms with Gasteiger partial charge >= 0.3 is 35.4 Å². The number of tetrazole rings is 2. The zero-order valence-electron chi connectivity index (χ0n) is 80.2. The number of hydrogen-bond donors (Lipinski definition) is 7. The molecule has 7 N–H and O–H groups in total. The highest BCUT2D eigenvalue weighted by molar-refractivity contribution is 9.08. The third-order valence-electron chi connectivity index (χ3n) is 22.2. The lowest BCUT2D eigenvalue weighted by atomic mass is 9.96. The summed E-state index contributed by atoms with van der Waals surface area (Å²) in [6.07, 6.45) is 4.17. The number of aromatic amines is 2. The molecular weight excluding hydrogens is 1910 g/mol. The number of carbonyl (C=O) groups excluding carboxylic acids is 2. The molecule has 0 radical (unpaired) electrons. The quantitative estimate of drug-likeness (QED) is 0.0120. The lowest BCUT2D eigenvalue weighted by molar-refractivity contribution is 0.0391. The van der Waals surface area contributed by atoms with Gasteiger partial charge in [0.2, 0.25) is 11.6 Å². The molecule has 9 heterocycles. The number of aromatic nitrogens is 14. The maximum atomic E-state index is 13.5. The number of aromatic carboxylic acids is 1. The Morgan fingerprint density at radius 1 is 0.458 bits per heavy atom. The number of carboxylic acids is 1. The summed E-state index contributed by atoms with van der Waals surface area (Å²) in [6, 6.07) is 63.4. The Bertz CT molecular complexity index is 7280. The monoisotopic (exact) mass is 2010 g/mol. The first-order chi connectivity index (χ1) is 68.2. The summed E-state index contributed by atoms with van der Waals surface area (Å²) in [4.78, 5) is 89.5. The predicted molar refractivity (Wildman–Crippen MR) is 530 cm³/mol. The molecule has 0 saturated heterocycles. The number of carboxylic acid groups (broad SMARTS) is 1. The summed E-state index contributed by atoms with van der Waals surface area (Å²) < 4.78 is 45.0. The summed E-state index contributed by atoms with van der Waals surface area (Å²) in [5.41, 5.74) is 12.9. The van der Waals surface area contributed by atoms with Crippen LogP contribution in [0.4, 0.5) is 5.69 Å². The Balaban J connectivity index is 0.000000168. The minimum absolute atomic E-state index is 0.0254. The van der Waals surface area contributed by atoms with Crippen LogP contribution >= 0.6 is 27.5 Å². The fraction of sp³-hybridized carbons (Fsp3) is 0.291. The van der Waals surface area contributed by atoms with Crippen molar-refractivity contribution in [3.63, 3.8) is 0 Å². The zero-order chi connectivity index (χ0) is 102. The number of alkyl halides is 2. The molecule has 0 spiro atoms. The van der Waals surface area contributed by atoms with E-state index in [1.54, 1.807) is 76.0 Å². The highest BCUT2D eigenvalue weighted by atomic mass is 79.9. The lowest BCUT2D eigenvalue weighted by Crippen LogP contribution is -2.23. The molecule has 0 fully saturated rings. The largest absolute Gasteiger partial charge is 0.519 e. The minimum atomic E-state index is -1.41. The molecule has 142 heavy (non-hydrogen) atoms. The standard InChI is InChI=1S/C30H31N5O6.C29H30N6O6.C24H26N6O3.C14H10BrN.C5H5ClO3.CH4O/c1-5-8-25-32-27(30(3,4)38)26(28(36)39-17-24-18(2)40-29(37)41-24)35(25)16-19-11-13-20(14-12-19)21-9-6-7-10-22(21)23-15-31-34-33-23;1-5-8-23-30-25(29(3,4)38)24(27(36)39-16-22-17(2)40-28(37)41-22)35(23)15-18-11-13-19(14-12-18)20-9-6-7-10-21(20)26-31-33-34-32-26;1-4-7-19-25-21(24(2,3)33)20(23(31)32)30(19)14-15-10-12-16(13-11-15)17-8-5-6-9-18(17)22-26-28-29-27-22;1-16-14-5-3-2-4-13(14)12-8-6-11(10-15)7-9-12;1-3-4(2-6)9-5(7)8-3;1-2/h6-7,9-14,38H,5,8,15-17H2,1-4H3;6-7,9-14,38H,5,8,15-16H2,1-4H3,(H,31,32,33,34);5-6,8-13,33H,4,7,14H2,1-3H3,(H,31,32)(H,26,27,28,29);2-9H,10H2;2H2,1H3;2H,1H3. The smallest absolute Gasteiger partial charge is 0.477 e. The van der Waals surface area contributed by atoms with Crippen molar-refractivity contribution in [2.75, 3.05) is 13.7 Å². The fourth-order valence-corrected chi connectivity index (χ4v) is 15.9. The molecule has 17 rings (SSSR count). The number of esters is 2. The van der Waals surface area contributed by atoms with Crippen LogP contribution < -0.4 is 17.5 Å². The van der Waals surface area contributed by atoms with Gasteiger partial charge in [0.15, 0.2) is 64.8 Å². The zero-order valence-corrected chi connectivity index (χ0v) is 82.6. The number of rotatable bonds is 31.